The van der Waals surface area contributed by atoms with Gasteiger partial charge in [-0.2, -0.15) is 0 Å². The molecule has 0 amide bonds. The third-order valence-corrected chi connectivity index (χ3v) is 4.29. The molecule has 0 radical (unpaired) electrons. The summed E-state index contributed by atoms with van der Waals surface area (Å²) in [7, 11) is 0. The topological polar surface area (TPSA) is 46.5 Å². The molecule has 1 unspecified atom stereocenters. The average molecular weight is 335 g/mol. The van der Waals surface area contributed by atoms with Gasteiger partial charge in [-0.3, -0.25) is 0 Å². The van der Waals surface area contributed by atoms with Crippen LogP contribution in [0.3, 0.4) is 0 Å². The molecule has 5 heteroatoms. The van der Waals surface area contributed by atoms with Crippen LogP contribution >= 0.6 is 23.2 Å². The van der Waals surface area contributed by atoms with Crippen molar-refractivity contribution in [1.82, 2.24) is 0 Å². The van der Waals surface area contributed by atoms with Gasteiger partial charge < -0.3 is 9.84 Å². The number of fused-ring (bicyclic) bond motifs is 1. The molecule has 1 heterocycles. The number of halogens is 2. The van der Waals surface area contributed by atoms with E-state index in [1.54, 1.807) is 18.2 Å². The highest BCUT2D eigenvalue weighted by Crippen LogP contribution is 2.40. The van der Waals surface area contributed by atoms with E-state index in [1.807, 2.05) is 25.1 Å². The van der Waals surface area contributed by atoms with Crippen LogP contribution in [0.15, 0.2) is 42.5 Å². The van der Waals surface area contributed by atoms with Gasteiger partial charge >= 0.3 is 5.97 Å². The standard InChI is InChI=1S/C17H12Cl2O3/c1-9-7-12(11-3-2-4-14(18)16(11)19)13-8-10(17(20)21)5-6-15(13)22-9/h2-9H,1H3,(H,20,21). The summed E-state index contributed by atoms with van der Waals surface area (Å²) in [4.78, 5) is 11.2. The summed E-state index contributed by atoms with van der Waals surface area (Å²) in [6.07, 6.45) is 1.76. The zero-order valence-corrected chi connectivity index (χ0v) is 13.2. The first kappa shape index (κ1) is 14.9. The fraction of sp³-hybridized carbons (Fsp3) is 0.118. The summed E-state index contributed by atoms with van der Waals surface area (Å²) in [6, 6.07) is 10.2. The number of carbonyl (C=O) groups is 1. The van der Waals surface area contributed by atoms with Gasteiger partial charge in [0.2, 0.25) is 0 Å². The van der Waals surface area contributed by atoms with E-state index in [0.29, 0.717) is 21.4 Å². The minimum absolute atomic E-state index is 0.145. The van der Waals surface area contributed by atoms with E-state index in [1.165, 1.54) is 6.07 Å². The largest absolute Gasteiger partial charge is 0.486 e. The van der Waals surface area contributed by atoms with E-state index in [4.69, 9.17) is 27.9 Å². The molecule has 0 saturated carbocycles. The molecule has 0 aromatic heterocycles. The van der Waals surface area contributed by atoms with Crippen molar-refractivity contribution in [2.24, 2.45) is 0 Å². The Bertz CT molecular complexity index is 796. The van der Waals surface area contributed by atoms with Crippen LogP contribution in [0.1, 0.15) is 28.4 Å². The Morgan fingerprint density at radius 1 is 1.18 bits per heavy atom. The van der Waals surface area contributed by atoms with Crippen LogP contribution < -0.4 is 4.74 Å². The molecule has 1 aliphatic heterocycles. The normalized spacial score (nSPS) is 16.5. The summed E-state index contributed by atoms with van der Waals surface area (Å²) in [5.41, 5.74) is 2.47. The number of carboxylic acids is 1. The zero-order chi connectivity index (χ0) is 15.9. The van der Waals surface area contributed by atoms with Crippen LogP contribution in [-0.2, 0) is 0 Å². The molecule has 0 fully saturated rings. The van der Waals surface area contributed by atoms with Gasteiger partial charge in [0.15, 0.2) is 0 Å². The first-order chi connectivity index (χ1) is 10.5. The maximum absolute atomic E-state index is 11.2. The highest BCUT2D eigenvalue weighted by molar-refractivity contribution is 6.43. The second-order valence-electron chi connectivity index (χ2n) is 5.02. The molecule has 3 nitrogen and oxygen atoms in total. The van der Waals surface area contributed by atoms with Gasteiger partial charge in [-0.05, 0) is 42.8 Å². The lowest BCUT2D eigenvalue weighted by molar-refractivity contribution is 0.0697. The summed E-state index contributed by atoms with van der Waals surface area (Å²) < 4.78 is 5.74. The summed E-state index contributed by atoms with van der Waals surface area (Å²) in [6.45, 7) is 1.91. The Balaban J connectivity index is 2.22. The van der Waals surface area contributed by atoms with Gasteiger partial charge in [-0.1, -0.05) is 35.3 Å². The predicted octanol–water partition coefficient (Wildman–Crippen LogP) is 4.90. The number of rotatable bonds is 2. The third kappa shape index (κ3) is 2.58. The lowest BCUT2D eigenvalue weighted by atomic mass is 9.92. The lowest BCUT2D eigenvalue weighted by Crippen LogP contribution is -2.16. The van der Waals surface area contributed by atoms with Gasteiger partial charge in [0.25, 0.3) is 0 Å². The zero-order valence-electron chi connectivity index (χ0n) is 11.6. The molecule has 1 aliphatic rings. The van der Waals surface area contributed by atoms with Crippen molar-refractivity contribution < 1.29 is 14.6 Å². The average Bonchev–Trinajstić information content (AvgIpc) is 2.48. The van der Waals surface area contributed by atoms with Crippen molar-refractivity contribution in [2.75, 3.05) is 0 Å². The van der Waals surface area contributed by atoms with Crippen LogP contribution in [0.4, 0.5) is 0 Å². The molecule has 1 N–H and O–H groups in total. The molecular formula is C17H12Cl2O3. The number of ether oxygens (including phenoxy) is 1. The van der Waals surface area contributed by atoms with Gasteiger partial charge in [-0.15, -0.1) is 0 Å². The Morgan fingerprint density at radius 3 is 2.68 bits per heavy atom. The summed E-state index contributed by atoms with van der Waals surface area (Å²) in [5, 5.41) is 10.1. The Hall–Kier alpha value is -1.97. The second kappa shape index (κ2) is 5.67. The molecule has 0 saturated heterocycles. The van der Waals surface area contributed by atoms with E-state index >= 15 is 0 Å². The van der Waals surface area contributed by atoms with Crippen molar-refractivity contribution in [2.45, 2.75) is 13.0 Å². The van der Waals surface area contributed by atoms with E-state index < -0.39 is 5.97 Å². The van der Waals surface area contributed by atoms with E-state index in [2.05, 4.69) is 0 Å². The monoisotopic (exact) mass is 334 g/mol. The SMILES string of the molecule is CC1C=C(c2cccc(Cl)c2Cl)c2cc(C(=O)O)ccc2O1. The number of hydrogen-bond donors (Lipinski definition) is 1. The van der Waals surface area contributed by atoms with Gasteiger partial charge in [0, 0.05) is 11.1 Å². The van der Waals surface area contributed by atoms with E-state index in [0.717, 1.165) is 11.1 Å². The summed E-state index contributed by atoms with van der Waals surface area (Å²) in [5.74, 6) is -0.357. The molecule has 1 atom stereocenters. The van der Waals surface area contributed by atoms with Crippen molar-refractivity contribution in [3.05, 3.63) is 69.2 Å². The molecule has 0 aliphatic carbocycles. The Labute approximate surface area is 137 Å². The predicted molar refractivity (Wildman–Crippen MR) is 87.0 cm³/mol. The molecule has 0 bridgehead atoms. The van der Waals surface area contributed by atoms with Crippen molar-refractivity contribution in [3.8, 4) is 5.75 Å². The minimum atomic E-state index is -0.988. The van der Waals surface area contributed by atoms with Crippen molar-refractivity contribution >= 4 is 34.7 Å². The van der Waals surface area contributed by atoms with Crippen LogP contribution in [0.2, 0.25) is 10.0 Å². The number of benzene rings is 2. The van der Waals surface area contributed by atoms with Gasteiger partial charge in [0.1, 0.15) is 11.9 Å². The molecule has 22 heavy (non-hydrogen) atoms. The summed E-state index contributed by atoms with van der Waals surface area (Å²) >= 11 is 12.4. The molecule has 0 spiro atoms. The first-order valence-electron chi connectivity index (χ1n) is 6.68. The maximum atomic E-state index is 11.2. The molecule has 112 valence electrons. The van der Waals surface area contributed by atoms with Crippen LogP contribution in [0.5, 0.6) is 5.75 Å². The fourth-order valence-electron chi connectivity index (χ4n) is 2.48. The fourth-order valence-corrected chi connectivity index (χ4v) is 2.88. The molecule has 3 rings (SSSR count). The molecule has 2 aromatic rings. The minimum Gasteiger partial charge on any atom is -0.486 e. The quantitative estimate of drug-likeness (QED) is 0.849. The number of hydrogen-bond acceptors (Lipinski definition) is 2. The number of aromatic carboxylic acids is 1. The van der Waals surface area contributed by atoms with Crippen molar-refractivity contribution in [1.29, 1.82) is 0 Å². The van der Waals surface area contributed by atoms with Crippen LogP contribution in [-0.4, -0.2) is 17.2 Å². The van der Waals surface area contributed by atoms with E-state index in [-0.39, 0.29) is 11.7 Å². The van der Waals surface area contributed by atoms with Gasteiger partial charge in [0.05, 0.1) is 15.6 Å². The third-order valence-electron chi connectivity index (χ3n) is 3.47. The Kier molecular flexibility index (Phi) is 3.85. The van der Waals surface area contributed by atoms with Crippen LogP contribution in [0, 0.1) is 0 Å². The lowest BCUT2D eigenvalue weighted by Gasteiger charge is -2.24. The smallest absolute Gasteiger partial charge is 0.335 e. The highest BCUT2D eigenvalue weighted by Gasteiger charge is 2.22. The molecule has 2 aromatic carbocycles. The maximum Gasteiger partial charge on any atom is 0.335 e. The highest BCUT2D eigenvalue weighted by atomic mass is 35.5. The van der Waals surface area contributed by atoms with Gasteiger partial charge in [-0.25, -0.2) is 4.79 Å². The second-order valence-corrected chi connectivity index (χ2v) is 5.81. The number of carboxylic acid groups (broad SMARTS) is 1. The Morgan fingerprint density at radius 2 is 1.95 bits per heavy atom. The van der Waals surface area contributed by atoms with Crippen LogP contribution in [0.25, 0.3) is 5.57 Å². The first-order valence-corrected chi connectivity index (χ1v) is 7.43. The van der Waals surface area contributed by atoms with E-state index in [9.17, 15) is 9.90 Å². The van der Waals surface area contributed by atoms with Crippen molar-refractivity contribution in [3.63, 3.8) is 0 Å². The molecular weight excluding hydrogens is 323 g/mol.